The van der Waals surface area contributed by atoms with Gasteiger partial charge in [0.2, 0.25) is 0 Å². The van der Waals surface area contributed by atoms with E-state index >= 15 is 0 Å². The second-order valence-electron chi connectivity index (χ2n) is 23.0. The van der Waals surface area contributed by atoms with Crippen LogP contribution in [-0.2, 0) is 28.6 Å². The Morgan fingerprint density at radius 3 is 0.744 bits per heavy atom. The van der Waals surface area contributed by atoms with Crippen molar-refractivity contribution in [1.82, 2.24) is 0 Å². The third kappa shape index (κ3) is 66.9. The molecular weight excluding hydrogens is 1010 g/mol. The zero-order chi connectivity index (χ0) is 59.2. The average Bonchev–Trinajstić information content (AvgIpc) is 3.47. The maximum Gasteiger partial charge on any atom is 0.306 e. The number of hydrogen-bond acceptors (Lipinski definition) is 6. The molecule has 0 aliphatic rings. The summed E-state index contributed by atoms with van der Waals surface area (Å²) in [6.45, 7) is 6.44. The van der Waals surface area contributed by atoms with Crippen LogP contribution in [0.4, 0.5) is 0 Å². The van der Waals surface area contributed by atoms with E-state index in [0.29, 0.717) is 19.3 Å². The number of ether oxygens (including phenoxy) is 3. The zero-order valence-corrected chi connectivity index (χ0v) is 54.0. The molecular formula is C76H130O6. The predicted octanol–water partition coefficient (Wildman–Crippen LogP) is 24.2. The molecule has 0 bridgehead atoms. The molecule has 82 heavy (non-hydrogen) atoms. The standard InChI is InChI=1S/C76H130O6/c1-4-7-10-13-16-19-22-25-27-29-30-31-32-33-34-35-36-37-38-39-40-41-42-43-44-45-46-48-49-51-54-57-60-63-66-69-75(78)81-72-73(71-80-74(77)68-65-62-59-56-53-24-21-18-15-12-9-6-3)82-76(79)70-67-64-61-58-55-52-50-47-28-26-23-20-17-14-11-8-5-2/h7-8,10-11,16-17,19-20,25-28,30-31,33-34,36-37,73H,4-6,9,12-15,18,21-24,29,32,35,38-72H2,1-3H3/b10-7-,11-8-,19-16-,20-17-,27-25-,28-26-,31-30-,34-33-,37-36-. The van der Waals surface area contributed by atoms with E-state index in [4.69, 9.17) is 14.2 Å². The third-order valence-corrected chi connectivity index (χ3v) is 15.0. The minimum Gasteiger partial charge on any atom is -0.462 e. The molecule has 0 amide bonds. The molecule has 0 aliphatic carbocycles. The lowest BCUT2D eigenvalue weighted by molar-refractivity contribution is -0.167. The summed E-state index contributed by atoms with van der Waals surface area (Å²) in [5.74, 6) is -0.873. The van der Waals surface area contributed by atoms with Gasteiger partial charge in [0, 0.05) is 19.3 Å². The number of rotatable bonds is 63. The van der Waals surface area contributed by atoms with Crippen molar-refractivity contribution in [2.45, 2.75) is 341 Å². The van der Waals surface area contributed by atoms with Gasteiger partial charge in [0.1, 0.15) is 13.2 Å². The van der Waals surface area contributed by atoms with Crippen LogP contribution in [0.3, 0.4) is 0 Å². The van der Waals surface area contributed by atoms with Crippen LogP contribution in [0.5, 0.6) is 0 Å². The average molecular weight is 1140 g/mol. The van der Waals surface area contributed by atoms with Gasteiger partial charge in [-0.25, -0.2) is 0 Å². The molecule has 0 aromatic rings. The van der Waals surface area contributed by atoms with Crippen LogP contribution in [0.2, 0.25) is 0 Å². The van der Waals surface area contributed by atoms with Crippen molar-refractivity contribution in [3.63, 3.8) is 0 Å². The zero-order valence-electron chi connectivity index (χ0n) is 54.0. The second-order valence-corrected chi connectivity index (χ2v) is 23.0. The fraction of sp³-hybridized carbons (Fsp3) is 0.724. The molecule has 0 aromatic heterocycles. The number of carbonyl (C=O) groups excluding carboxylic acids is 3. The fourth-order valence-electron chi connectivity index (χ4n) is 9.88. The van der Waals surface area contributed by atoms with E-state index in [9.17, 15) is 14.4 Å². The second kappa shape index (κ2) is 69.6. The highest BCUT2D eigenvalue weighted by Crippen LogP contribution is 2.17. The lowest BCUT2D eigenvalue weighted by Gasteiger charge is -2.18. The van der Waals surface area contributed by atoms with Crippen LogP contribution in [0, 0.1) is 0 Å². The topological polar surface area (TPSA) is 78.9 Å². The molecule has 0 saturated heterocycles. The van der Waals surface area contributed by atoms with Crippen LogP contribution in [0.1, 0.15) is 335 Å². The van der Waals surface area contributed by atoms with Crippen LogP contribution in [-0.4, -0.2) is 37.2 Å². The Labute approximate surface area is 508 Å². The van der Waals surface area contributed by atoms with Gasteiger partial charge in [-0.05, 0) is 103 Å². The van der Waals surface area contributed by atoms with Gasteiger partial charge in [-0.1, -0.05) is 323 Å². The van der Waals surface area contributed by atoms with E-state index < -0.39 is 6.10 Å². The molecule has 0 N–H and O–H groups in total. The molecule has 470 valence electrons. The highest BCUT2D eigenvalue weighted by Gasteiger charge is 2.19. The van der Waals surface area contributed by atoms with Crippen molar-refractivity contribution >= 4 is 17.9 Å². The maximum absolute atomic E-state index is 12.9. The molecule has 0 heterocycles. The van der Waals surface area contributed by atoms with E-state index in [0.717, 1.165) is 122 Å². The number of carbonyl (C=O) groups is 3. The molecule has 0 aromatic carbocycles. The number of allylic oxidation sites excluding steroid dienone is 18. The molecule has 6 nitrogen and oxygen atoms in total. The number of esters is 3. The summed E-state index contributed by atoms with van der Waals surface area (Å²) in [4.78, 5) is 38.3. The van der Waals surface area contributed by atoms with Gasteiger partial charge >= 0.3 is 17.9 Å². The summed E-state index contributed by atoms with van der Waals surface area (Å²) in [6.07, 6.45) is 95.5. The van der Waals surface area contributed by atoms with Gasteiger partial charge in [0.25, 0.3) is 0 Å². The van der Waals surface area contributed by atoms with Gasteiger partial charge in [-0.3, -0.25) is 14.4 Å². The first kappa shape index (κ1) is 78.1. The highest BCUT2D eigenvalue weighted by molar-refractivity contribution is 5.71. The van der Waals surface area contributed by atoms with Crippen molar-refractivity contribution in [2.24, 2.45) is 0 Å². The Balaban J connectivity index is 4.15. The molecule has 0 rings (SSSR count). The Hall–Kier alpha value is -3.93. The first-order chi connectivity index (χ1) is 40.5. The molecule has 0 saturated carbocycles. The first-order valence-electron chi connectivity index (χ1n) is 34.9. The van der Waals surface area contributed by atoms with Crippen molar-refractivity contribution in [3.8, 4) is 0 Å². The summed E-state index contributed by atoms with van der Waals surface area (Å²) in [5, 5.41) is 0. The SMILES string of the molecule is CC/C=C\C/C=C\C/C=C\C/C=C\C/C=C\C/C=C\CCCCCCCCCCCCCCCCCCC(=O)OCC(COC(=O)CCCCCCCCCCCCCC)OC(=O)CCCCCCCCC/C=C\C/C=C\C/C=C\CC. The number of hydrogen-bond donors (Lipinski definition) is 0. The molecule has 1 unspecified atom stereocenters. The molecule has 0 aliphatic heterocycles. The summed E-state index contributed by atoms with van der Waals surface area (Å²) < 4.78 is 16.9. The Morgan fingerprint density at radius 2 is 0.476 bits per heavy atom. The predicted molar refractivity (Wildman–Crippen MR) is 357 cm³/mol. The minimum absolute atomic E-state index is 0.0774. The van der Waals surface area contributed by atoms with Crippen LogP contribution in [0.25, 0.3) is 0 Å². The van der Waals surface area contributed by atoms with E-state index in [2.05, 4.69) is 130 Å². The Kier molecular flexibility index (Phi) is 66.2. The van der Waals surface area contributed by atoms with E-state index in [1.807, 2.05) is 0 Å². The van der Waals surface area contributed by atoms with Crippen LogP contribution in [0.15, 0.2) is 109 Å². The van der Waals surface area contributed by atoms with E-state index in [1.165, 1.54) is 173 Å². The minimum atomic E-state index is -0.782. The lowest BCUT2D eigenvalue weighted by Crippen LogP contribution is -2.30. The molecule has 6 heteroatoms. The number of unbranched alkanes of at least 4 members (excludes halogenated alkanes) is 34. The van der Waals surface area contributed by atoms with Crippen LogP contribution < -0.4 is 0 Å². The van der Waals surface area contributed by atoms with Crippen LogP contribution >= 0.6 is 0 Å². The van der Waals surface area contributed by atoms with Gasteiger partial charge in [0.05, 0.1) is 0 Å². The van der Waals surface area contributed by atoms with Crippen molar-refractivity contribution in [1.29, 1.82) is 0 Å². The molecule has 1 atom stereocenters. The Bertz CT molecular complexity index is 1640. The van der Waals surface area contributed by atoms with Gasteiger partial charge in [0.15, 0.2) is 6.10 Å². The van der Waals surface area contributed by atoms with Gasteiger partial charge in [-0.15, -0.1) is 0 Å². The van der Waals surface area contributed by atoms with E-state index in [-0.39, 0.29) is 31.1 Å². The monoisotopic (exact) mass is 1140 g/mol. The van der Waals surface area contributed by atoms with Gasteiger partial charge < -0.3 is 14.2 Å². The molecule has 0 spiro atoms. The maximum atomic E-state index is 12.9. The molecule has 0 fully saturated rings. The smallest absolute Gasteiger partial charge is 0.306 e. The fourth-order valence-corrected chi connectivity index (χ4v) is 9.88. The third-order valence-electron chi connectivity index (χ3n) is 15.0. The summed E-state index contributed by atoms with van der Waals surface area (Å²) in [5.41, 5.74) is 0. The first-order valence-corrected chi connectivity index (χ1v) is 34.9. The lowest BCUT2D eigenvalue weighted by atomic mass is 10.0. The van der Waals surface area contributed by atoms with E-state index in [1.54, 1.807) is 0 Å². The highest BCUT2D eigenvalue weighted by atomic mass is 16.6. The van der Waals surface area contributed by atoms with Crippen molar-refractivity contribution in [2.75, 3.05) is 13.2 Å². The summed E-state index contributed by atoms with van der Waals surface area (Å²) in [7, 11) is 0. The van der Waals surface area contributed by atoms with Crippen molar-refractivity contribution < 1.29 is 28.6 Å². The Morgan fingerprint density at radius 1 is 0.256 bits per heavy atom. The van der Waals surface area contributed by atoms with Gasteiger partial charge in [-0.2, -0.15) is 0 Å². The molecule has 0 radical (unpaired) electrons. The normalized spacial score (nSPS) is 12.8. The summed E-state index contributed by atoms with van der Waals surface area (Å²) >= 11 is 0. The summed E-state index contributed by atoms with van der Waals surface area (Å²) in [6, 6.07) is 0. The largest absolute Gasteiger partial charge is 0.462 e. The quantitative estimate of drug-likeness (QED) is 0.0261. The van der Waals surface area contributed by atoms with Crippen molar-refractivity contribution in [3.05, 3.63) is 109 Å².